The van der Waals surface area contributed by atoms with E-state index in [1.807, 2.05) is 45.0 Å². The first kappa shape index (κ1) is 14.5. The maximum Gasteiger partial charge on any atom is 0.320 e. The predicted molar refractivity (Wildman–Crippen MR) is 76.4 cm³/mol. The van der Waals surface area contributed by atoms with Crippen LogP contribution < -0.4 is 10.6 Å². The van der Waals surface area contributed by atoms with Crippen molar-refractivity contribution in [2.45, 2.75) is 38.8 Å². The summed E-state index contributed by atoms with van der Waals surface area (Å²) in [5, 5.41) is 5.78. The minimum absolute atomic E-state index is 0.0253. The van der Waals surface area contributed by atoms with Gasteiger partial charge in [0.05, 0.1) is 12.6 Å². The Labute approximate surface area is 118 Å². The summed E-state index contributed by atoms with van der Waals surface area (Å²) in [6, 6.07) is 7.25. The number of anilines is 1. The Bertz CT molecular complexity index is 520. The second-order valence-electron chi connectivity index (χ2n) is 5.87. The van der Waals surface area contributed by atoms with Crippen molar-refractivity contribution < 1.29 is 14.3 Å². The highest BCUT2D eigenvalue weighted by Crippen LogP contribution is 2.21. The Morgan fingerprint density at radius 2 is 2.10 bits per heavy atom. The molecule has 1 atom stereocenters. The fourth-order valence-electron chi connectivity index (χ4n) is 2.10. The van der Waals surface area contributed by atoms with Crippen LogP contribution in [-0.4, -0.2) is 30.1 Å². The fourth-order valence-corrected chi connectivity index (χ4v) is 2.10. The summed E-state index contributed by atoms with van der Waals surface area (Å²) in [5.74, 6) is -0.476. The molecule has 2 rings (SSSR count). The highest BCUT2D eigenvalue weighted by Gasteiger charge is 2.26. The Kier molecular flexibility index (Phi) is 4.09. The van der Waals surface area contributed by atoms with Crippen molar-refractivity contribution in [3.63, 3.8) is 0 Å². The first-order chi connectivity index (χ1) is 9.35. The number of rotatable bonds is 3. The van der Waals surface area contributed by atoms with Gasteiger partial charge < -0.3 is 10.1 Å². The number of nitrogens with one attached hydrogen (secondary N) is 2. The molecule has 0 saturated carbocycles. The van der Waals surface area contributed by atoms with Gasteiger partial charge in [-0.3, -0.25) is 14.9 Å². The molecule has 0 spiro atoms. The molecule has 1 aromatic carbocycles. The number of benzene rings is 1. The molecule has 5 heteroatoms. The van der Waals surface area contributed by atoms with E-state index in [2.05, 4.69) is 10.6 Å². The third-order valence-electron chi connectivity index (χ3n) is 2.93. The summed E-state index contributed by atoms with van der Waals surface area (Å²) in [4.78, 5) is 23.6. The minimum Gasteiger partial charge on any atom is -0.459 e. The van der Waals surface area contributed by atoms with E-state index in [4.69, 9.17) is 4.74 Å². The van der Waals surface area contributed by atoms with Crippen LogP contribution in [0.2, 0.25) is 0 Å². The largest absolute Gasteiger partial charge is 0.459 e. The van der Waals surface area contributed by atoms with E-state index in [0.717, 1.165) is 11.3 Å². The van der Waals surface area contributed by atoms with Crippen LogP contribution in [0.1, 0.15) is 26.3 Å². The Hall–Kier alpha value is -1.88. The van der Waals surface area contributed by atoms with E-state index in [9.17, 15) is 9.59 Å². The first-order valence-corrected chi connectivity index (χ1v) is 6.69. The molecule has 0 bridgehead atoms. The van der Waals surface area contributed by atoms with Crippen molar-refractivity contribution >= 4 is 17.6 Å². The highest BCUT2D eigenvalue weighted by molar-refractivity contribution is 5.98. The van der Waals surface area contributed by atoms with E-state index in [1.165, 1.54) is 0 Å². The molecular weight excluding hydrogens is 256 g/mol. The van der Waals surface area contributed by atoms with Gasteiger partial charge in [-0.05, 0) is 38.8 Å². The molecular formula is C15H20N2O3. The second-order valence-corrected chi connectivity index (χ2v) is 5.87. The quantitative estimate of drug-likeness (QED) is 0.821. The number of hydrogen-bond donors (Lipinski definition) is 2. The van der Waals surface area contributed by atoms with Gasteiger partial charge in [-0.2, -0.15) is 0 Å². The third kappa shape index (κ3) is 3.81. The predicted octanol–water partition coefficient (Wildman–Crippen LogP) is 1.48. The zero-order chi connectivity index (χ0) is 14.8. The number of carbonyl (C=O) groups is 2. The maximum atomic E-state index is 11.9. The van der Waals surface area contributed by atoms with Crippen molar-refractivity contribution in [1.82, 2.24) is 5.32 Å². The summed E-state index contributed by atoms with van der Waals surface area (Å²) < 4.78 is 5.20. The Balaban J connectivity index is 1.92. The van der Waals surface area contributed by atoms with E-state index >= 15 is 0 Å². The molecule has 2 N–H and O–H groups in total. The van der Waals surface area contributed by atoms with E-state index in [0.29, 0.717) is 6.42 Å². The van der Waals surface area contributed by atoms with Gasteiger partial charge in [0.2, 0.25) is 5.91 Å². The molecule has 1 aromatic rings. The van der Waals surface area contributed by atoms with Crippen LogP contribution in [0, 0.1) is 0 Å². The smallest absolute Gasteiger partial charge is 0.320 e. The number of esters is 1. The lowest BCUT2D eigenvalue weighted by Gasteiger charge is -2.26. The lowest BCUT2D eigenvalue weighted by molar-refractivity contribution is -0.153. The average molecular weight is 276 g/mol. The standard InChI is InChI=1S/C15H20N2O3/c1-15(2,3)20-13(18)9-16-12-8-10-6-4-5-7-11(10)17-14(12)19/h4-7,12,16H,8-9H2,1-3H3,(H,17,19). The number of hydrogen-bond acceptors (Lipinski definition) is 4. The molecule has 1 aliphatic rings. The summed E-state index contributed by atoms with van der Waals surface area (Å²) >= 11 is 0. The zero-order valence-corrected chi connectivity index (χ0v) is 12.0. The van der Waals surface area contributed by atoms with Crippen LogP contribution in [0.5, 0.6) is 0 Å². The van der Waals surface area contributed by atoms with Gasteiger partial charge in [0.1, 0.15) is 5.60 Å². The van der Waals surface area contributed by atoms with Crippen molar-refractivity contribution in [3.05, 3.63) is 29.8 Å². The van der Waals surface area contributed by atoms with E-state index in [1.54, 1.807) is 0 Å². The van der Waals surface area contributed by atoms with Crippen molar-refractivity contribution in [2.24, 2.45) is 0 Å². The van der Waals surface area contributed by atoms with Crippen LogP contribution in [0.3, 0.4) is 0 Å². The van der Waals surface area contributed by atoms with Crippen molar-refractivity contribution in [2.75, 3.05) is 11.9 Å². The summed E-state index contributed by atoms with van der Waals surface area (Å²) in [7, 11) is 0. The number of fused-ring (bicyclic) bond motifs is 1. The molecule has 20 heavy (non-hydrogen) atoms. The molecule has 5 nitrogen and oxygen atoms in total. The molecule has 0 radical (unpaired) electrons. The molecule has 1 heterocycles. The van der Waals surface area contributed by atoms with E-state index in [-0.39, 0.29) is 18.4 Å². The molecule has 1 amide bonds. The molecule has 0 aliphatic carbocycles. The van der Waals surface area contributed by atoms with Gasteiger partial charge in [-0.1, -0.05) is 18.2 Å². The normalized spacial score (nSPS) is 18.1. The first-order valence-electron chi connectivity index (χ1n) is 6.69. The van der Waals surface area contributed by atoms with Crippen LogP contribution >= 0.6 is 0 Å². The van der Waals surface area contributed by atoms with Crippen molar-refractivity contribution in [1.29, 1.82) is 0 Å². The van der Waals surface area contributed by atoms with Crippen LogP contribution in [0.25, 0.3) is 0 Å². The maximum absolute atomic E-state index is 11.9. The average Bonchev–Trinajstić information content (AvgIpc) is 2.34. The number of amides is 1. The Morgan fingerprint density at radius 1 is 1.40 bits per heavy atom. The molecule has 108 valence electrons. The topological polar surface area (TPSA) is 67.4 Å². The molecule has 0 saturated heterocycles. The van der Waals surface area contributed by atoms with Crippen LogP contribution in [0.15, 0.2) is 24.3 Å². The van der Waals surface area contributed by atoms with Gasteiger partial charge >= 0.3 is 5.97 Å². The van der Waals surface area contributed by atoms with Gasteiger partial charge in [-0.25, -0.2) is 0 Å². The summed E-state index contributed by atoms with van der Waals surface area (Å²) in [6.45, 7) is 5.47. The fraction of sp³-hybridized carbons (Fsp3) is 0.467. The van der Waals surface area contributed by atoms with Crippen LogP contribution in [-0.2, 0) is 20.7 Å². The lowest BCUT2D eigenvalue weighted by Crippen LogP contribution is -2.47. The lowest BCUT2D eigenvalue weighted by atomic mass is 9.99. The van der Waals surface area contributed by atoms with E-state index < -0.39 is 11.6 Å². The van der Waals surface area contributed by atoms with Gasteiger partial charge in [0.25, 0.3) is 0 Å². The Morgan fingerprint density at radius 3 is 2.80 bits per heavy atom. The molecule has 0 fully saturated rings. The highest BCUT2D eigenvalue weighted by atomic mass is 16.6. The van der Waals surface area contributed by atoms with Gasteiger partial charge in [0.15, 0.2) is 0 Å². The number of ether oxygens (including phenoxy) is 1. The minimum atomic E-state index is -0.514. The third-order valence-corrected chi connectivity index (χ3v) is 2.93. The van der Waals surface area contributed by atoms with Gasteiger partial charge in [0, 0.05) is 5.69 Å². The monoisotopic (exact) mass is 276 g/mol. The second kappa shape index (κ2) is 5.63. The number of carbonyl (C=O) groups excluding carboxylic acids is 2. The summed E-state index contributed by atoms with van der Waals surface area (Å²) in [5.41, 5.74) is 1.39. The number of para-hydroxylation sites is 1. The summed E-state index contributed by atoms with van der Waals surface area (Å²) in [6.07, 6.45) is 0.574. The van der Waals surface area contributed by atoms with Crippen molar-refractivity contribution in [3.8, 4) is 0 Å². The molecule has 0 aromatic heterocycles. The van der Waals surface area contributed by atoms with Gasteiger partial charge in [-0.15, -0.1) is 0 Å². The molecule has 1 aliphatic heterocycles. The van der Waals surface area contributed by atoms with Crippen LogP contribution in [0.4, 0.5) is 5.69 Å². The molecule has 1 unspecified atom stereocenters. The SMILES string of the molecule is CC(C)(C)OC(=O)CNC1Cc2ccccc2NC1=O. The zero-order valence-electron chi connectivity index (χ0n) is 12.0.